The summed E-state index contributed by atoms with van der Waals surface area (Å²) >= 11 is 3.39. The minimum atomic E-state index is 0.0149. The van der Waals surface area contributed by atoms with E-state index < -0.39 is 0 Å². The Balaban J connectivity index is 1.97. The number of hydrogen-bond donors (Lipinski definition) is 0. The van der Waals surface area contributed by atoms with Gasteiger partial charge in [0.05, 0.1) is 0 Å². The molecular weight excluding hydrogens is 300 g/mol. The highest BCUT2D eigenvalue weighted by Gasteiger charge is 1.97. The van der Waals surface area contributed by atoms with Gasteiger partial charge in [0.15, 0.2) is 5.78 Å². The van der Waals surface area contributed by atoms with Crippen molar-refractivity contribution in [2.24, 2.45) is 0 Å². The summed E-state index contributed by atoms with van der Waals surface area (Å²) in [6.07, 6.45) is 7.16. The van der Waals surface area contributed by atoms with Gasteiger partial charge >= 0.3 is 0 Å². The number of halogens is 1. The summed E-state index contributed by atoms with van der Waals surface area (Å²) in [7, 11) is 0. The van der Waals surface area contributed by atoms with Gasteiger partial charge in [0.25, 0.3) is 0 Å². The molecule has 0 saturated heterocycles. The average Bonchev–Trinajstić information content (AvgIpc) is 2.46. The van der Waals surface area contributed by atoms with Crippen LogP contribution in [-0.2, 0) is 0 Å². The minimum absolute atomic E-state index is 0.0149. The number of allylic oxidation sites excluding steroid dienone is 3. The summed E-state index contributed by atoms with van der Waals surface area (Å²) in [5, 5.41) is 0. The second kappa shape index (κ2) is 6.86. The molecule has 2 aromatic carbocycles. The zero-order valence-corrected chi connectivity index (χ0v) is 11.9. The maximum absolute atomic E-state index is 11.8. The van der Waals surface area contributed by atoms with E-state index in [1.54, 1.807) is 12.2 Å². The Morgan fingerprint density at radius 2 is 1.58 bits per heavy atom. The van der Waals surface area contributed by atoms with Crippen molar-refractivity contribution < 1.29 is 4.79 Å². The van der Waals surface area contributed by atoms with Crippen LogP contribution < -0.4 is 0 Å². The molecule has 2 rings (SSSR count). The molecule has 0 fully saturated rings. The molecule has 0 spiro atoms. The van der Waals surface area contributed by atoms with Crippen LogP contribution in [0, 0.1) is 0 Å². The van der Waals surface area contributed by atoms with E-state index in [-0.39, 0.29) is 5.78 Å². The van der Waals surface area contributed by atoms with Crippen LogP contribution >= 0.6 is 15.9 Å². The highest BCUT2D eigenvalue weighted by Crippen LogP contribution is 2.11. The van der Waals surface area contributed by atoms with E-state index >= 15 is 0 Å². The lowest BCUT2D eigenvalue weighted by molar-refractivity contribution is 0.104. The molecule has 0 atom stereocenters. The fourth-order valence-electron chi connectivity index (χ4n) is 1.58. The van der Waals surface area contributed by atoms with E-state index in [0.717, 1.165) is 10.0 Å². The van der Waals surface area contributed by atoms with Crippen LogP contribution in [0.2, 0.25) is 0 Å². The predicted molar refractivity (Wildman–Crippen MR) is 83.1 cm³/mol. The Kier molecular flexibility index (Phi) is 4.87. The van der Waals surface area contributed by atoms with Crippen LogP contribution in [0.1, 0.15) is 15.9 Å². The topological polar surface area (TPSA) is 17.1 Å². The number of carbonyl (C=O) groups is 1. The summed E-state index contributed by atoms with van der Waals surface area (Å²) in [6, 6.07) is 17.2. The average molecular weight is 313 g/mol. The van der Waals surface area contributed by atoms with Crippen molar-refractivity contribution in [2.75, 3.05) is 0 Å². The highest BCUT2D eigenvalue weighted by atomic mass is 79.9. The summed E-state index contributed by atoms with van der Waals surface area (Å²) in [6.45, 7) is 0. The molecule has 0 saturated carbocycles. The molecule has 2 heteroatoms. The molecule has 2 aromatic rings. The Morgan fingerprint density at radius 3 is 2.26 bits per heavy atom. The van der Waals surface area contributed by atoms with Crippen LogP contribution in [0.25, 0.3) is 6.08 Å². The van der Waals surface area contributed by atoms with Gasteiger partial charge in [-0.2, -0.15) is 0 Å². The number of benzene rings is 2. The third-order valence-electron chi connectivity index (χ3n) is 2.58. The Bertz CT molecular complexity index is 595. The van der Waals surface area contributed by atoms with Crippen LogP contribution in [0.4, 0.5) is 0 Å². The lowest BCUT2D eigenvalue weighted by Crippen LogP contribution is -1.92. The molecule has 19 heavy (non-hydrogen) atoms. The van der Waals surface area contributed by atoms with Gasteiger partial charge < -0.3 is 0 Å². The molecule has 0 bridgehead atoms. The smallest absolute Gasteiger partial charge is 0.185 e. The zero-order chi connectivity index (χ0) is 13.5. The first-order valence-corrected chi connectivity index (χ1v) is 6.75. The Morgan fingerprint density at radius 1 is 0.895 bits per heavy atom. The summed E-state index contributed by atoms with van der Waals surface area (Å²) in [5.41, 5.74) is 1.80. The third-order valence-corrected chi connectivity index (χ3v) is 3.10. The second-order valence-corrected chi connectivity index (χ2v) is 4.92. The van der Waals surface area contributed by atoms with E-state index in [9.17, 15) is 4.79 Å². The van der Waals surface area contributed by atoms with Gasteiger partial charge in [-0.05, 0) is 23.8 Å². The van der Waals surface area contributed by atoms with Gasteiger partial charge in [-0.3, -0.25) is 4.79 Å². The normalized spacial score (nSPS) is 11.2. The Labute approximate surface area is 121 Å². The number of ketones is 1. The first kappa shape index (κ1) is 13.5. The minimum Gasteiger partial charge on any atom is -0.289 e. The van der Waals surface area contributed by atoms with Crippen molar-refractivity contribution in [3.8, 4) is 0 Å². The van der Waals surface area contributed by atoms with E-state index in [1.165, 1.54) is 0 Å². The molecular formula is C17H13BrO. The highest BCUT2D eigenvalue weighted by molar-refractivity contribution is 9.10. The number of hydrogen-bond acceptors (Lipinski definition) is 1. The van der Waals surface area contributed by atoms with Gasteiger partial charge in [-0.1, -0.05) is 76.6 Å². The van der Waals surface area contributed by atoms with Gasteiger partial charge in [0, 0.05) is 10.0 Å². The van der Waals surface area contributed by atoms with Crippen molar-refractivity contribution in [1.82, 2.24) is 0 Å². The van der Waals surface area contributed by atoms with E-state index in [1.807, 2.05) is 66.7 Å². The first-order chi connectivity index (χ1) is 9.25. The summed E-state index contributed by atoms with van der Waals surface area (Å²) in [5.74, 6) is 0.0149. The molecule has 0 aliphatic heterocycles. The fraction of sp³-hybridized carbons (Fsp3) is 0. The lowest BCUT2D eigenvalue weighted by Gasteiger charge is -1.93. The van der Waals surface area contributed by atoms with Gasteiger partial charge in [-0.25, -0.2) is 0 Å². The molecule has 0 heterocycles. The summed E-state index contributed by atoms with van der Waals surface area (Å²) in [4.78, 5) is 11.8. The third kappa shape index (κ3) is 4.34. The molecule has 0 aromatic heterocycles. The van der Waals surface area contributed by atoms with E-state index in [0.29, 0.717) is 5.56 Å². The quantitative estimate of drug-likeness (QED) is 0.446. The van der Waals surface area contributed by atoms with Gasteiger partial charge in [-0.15, -0.1) is 0 Å². The van der Waals surface area contributed by atoms with Crippen molar-refractivity contribution >= 4 is 27.8 Å². The van der Waals surface area contributed by atoms with Gasteiger partial charge in [0.1, 0.15) is 0 Å². The first-order valence-electron chi connectivity index (χ1n) is 5.95. The van der Waals surface area contributed by atoms with Crippen molar-refractivity contribution in [2.45, 2.75) is 0 Å². The maximum Gasteiger partial charge on any atom is 0.185 e. The van der Waals surface area contributed by atoms with Crippen LogP contribution in [0.15, 0.2) is 77.3 Å². The Hall–Kier alpha value is -1.93. The van der Waals surface area contributed by atoms with E-state index in [4.69, 9.17) is 0 Å². The van der Waals surface area contributed by atoms with Gasteiger partial charge in [0.2, 0.25) is 0 Å². The molecule has 0 aliphatic rings. The molecule has 0 N–H and O–H groups in total. The second-order valence-electron chi connectivity index (χ2n) is 4.00. The van der Waals surface area contributed by atoms with Crippen LogP contribution in [-0.4, -0.2) is 5.78 Å². The van der Waals surface area contributed by atoms with Crippen LogP contribution in [0.5, 0.6) is 0 Å². The van der Waals surface area contributed by atoms with E-state index in [2.05, 4.69) is 15.9 Å². The van der Waals surface area contributed by atoms with Crippen molar-refractivity contribution in [3.63, 3.8) is 0 Å². The molecule has 0 radical (unpaired) electrons. The fourth-order valence-corrected chi connectivity index (χ4v) is 1.85. The predicted octanol–water partition coefficient (Wildman–Crippen LogP) is 4.90. The van der Waals surface area contributed by atoms with Crippen molar-refractivity contribution in [1.29, 1.82) is 0 Å². The van der Waals surface area contributed by atoms with Crippen molar-refractivity contribution in [3.05, 3.63) is 88.4 Å². The number of rotatable bonds is 4. The zero-order valence-electron chi connectivity index (χ0n) is 10.3. The van der Waals surface area contributed by atoms with Crippen LogP contribution in [0.3, 0.4) is 0 Å². The molecule has 1 nitrogen and oxygen atoms in total. The molecule has 0 aliphatic carbocycles. The summed E-state index contributed by atoms with van der Waals surface area (Å²) < 4.78 is 1.06. The maximum atomic E-state index is 11.8. The molecule has 0 unspecified atom stereocenters. The SMILES string of the molecule is O=C(/C=C/C=C/c1ccc(Br)cc1)c1ccccc1. The molecule has 94 valence electrons. The largest absolute Gasteiger partial charge is 0.289 e. The monoisotopic (exact) mass is 312 g/mol. The lowest BCUT2D eigenvalue weighted by atomic mass is 10.1. The standard InChI is InChI=1S/C17H13BrO/c18-16-12-10-14(11-13-16)6-4-5-9-17(19)15-7-2-1-3-8-15/h1-13H/b6-4+,9-5+. The number of carbonyl (C=O) groups excluding carboxylic acids is 1. The molecule has 0 amide bonds.